The van der Waals surface area contributed by atoms with Gasteiger partial charge in [0, 0.05) is 6.04 Å². The summed E-state index contributed by atoms with van der Waals surface area (Å²) in [6, 6.07) is 5.86. The molecular formula is C15H18FN5O. The van der Waals surface area contributed by atoms with Gasteiger partial charge in [0.25, 0.3) is 5.91 Å². The van der Waals surface area contributed by atoms with E-state index in [1.807, 2.05) is 0 Å². The van der Waals surface area contributed by atoms with Crippen LogP contribution in [0.4, 0.5) is 4.39 Å². The third-order valence-corrected chi connectivity index (χ3v) is 4.06. The Labute approximate surface area is 127 Å². The number of nitrogens with one attached hydrogen (secondary N) is 1. The molecular weight excluding hydrogens is 285 g/mol. The molecule has 2 aromatic rings. The van der Waals surface area contributed by atoms with E-state index in [2.05, 4.69) is 15.5 Å². The average Bonchev–Trinajstić information content (AvgIpc) is 3.16. The third kappa shape index (κ3) is 2.99. The number of carbonyl (C=O) groups excluding carboxylic acids is 1. The number of nitrogens with zero attached hydrogens (tertiary/aromatic N) is 3. The van der Waals surface area contributed by atoms with Crippen LogP contribution in [0, 0.1) is 11.7 Å². The number of carbonyl (C=O) groups is 1. The van der Waals surface area contributed by atoms with Gasteiger partial charge in [0.1, 0.15) is 5.82 Å². The van der Waals surface area contributed by atoms with Crippen LogP contribution < -0.4 is 11.1 Å². The highest BCUT2D eigenvalue weighted by Crippen LogP contribution is 2.24. The van der Waals surface area contributed by atoms with Crippen molar-refractivity contribution >= 4 is 5.91 Å². The lowest BCUT2D eigenvalue weighted by Crippen LogP contribution is -2.40. The quantitative estimate of drug-likeness (QED) is 0.890. The number of hydrogen-bond acceptors (Lipinski definition) is 4. The molecule has 7 heteroatoms. The van der Waals surface area contributed by atoms with Crippen molar-refractivity contribution in [1.29, 1.82) is 0 Å². The van der Waals surface area contributed by atoms with Crippen LogP contribution >= 0.6 is 0 Å². The van der Waals surface area contributed by atoms with Crippen LogP contribution in [0.3, 0.4) is 0 Å². The highest BCUT2D eigenvalue weighted by Gasteiger charge is 2.28. The van der Waals surface area contributed by atoms with Crippen molar-refractivity contribution in [2.45, 2.75) is 25.3 Å². The summed E-state index contributed by atoms with van der Waals surface area (Å²) in [6.07, 6.45) is 4.48. The summed E-state index contributed by atoms with van der Waals surface area (Å²) in [6.45, 7) is 0.577. The van der Waals surface area contributed by atoms with Crippen molar-refractivity contribution in [3.05, 3.63) is 42.0 Å². The first-order chi connectivity index (χ1) is 10.7. The molecule has 22 heavy (non-hydrogen) atoms. The molecule has 1 heterocycles. The van der Waals surface area contributed by atoms with E-state index in [-0.39, 0.29) is 23.5 Å². The predicted octanol–water partition coefficient (Wildman–Crippen LogP) is 1.26. The lowest BCUT2D eigenvalue weighted by molar-refractivity contribution is 0.0923. The second kappa shape index (κ2) is 6.23. The summed E-state index contributed by atoms with van der Waals surface area (Å²) in [4.78, 5) is 13.5. The van der Waals surface area contributed by atoms with Crippen molar-refractivity contribution < 1.29 is 9.18 Å². The van der Waals surface area contributed by atoms with Crippen molar-refractivity contribution in [1.82, 2.24) is 20.3 Å². The van der Waals surface area contributed by atoms with Crippen LogP contribution in [0.2, 0.25) is 0 Å². The molecule has 2 unspecified atom stereocenters. The number of amides is 1. The second-order valence-corrected chi connectivity index (χ2v) is 5.50. The van der Waals surface area contributed by atoms with Gasteiger partial charge in [-0.2, -0.15) is 9.90 Å². The Balaban J connectivity index is 1.70. The number of aromatic nitrogens is 3. The van der Waals surface area contributed by atoms with Crippen molar-refractivity contribution in [3.63, 3.8) is 0 Å². The number of benzene rings is 1. The number of nitrogens with two attached hydrogens (primary N) is 1. The van der Waals surface area contributed by atoms with Crippen molar-refractivity contribution in [3.8, 4) is 5.69 Å². The molecule has 0 radical (unpaired) electrons. The molecule has 1 aliphatic rings. The Morgan fingerprint density at radius 1 is 1.36 bits per heavy atom. The van der Waals surface area contributed by atoms with Crippen LogP contribution in [0.1, 0.15) is 29.8 Å². The topological polar surface area (TPSA) is 85.8 Å². The zero-order valence-electron chi connectivity index (χ0n) is 12.1. The first kappa shape index (κ1) is 14.6. The molecule has 1 aromatic heterocycles. The molecule has 0 spiro atoms. The third-order valence-electron chi connectivity index (χ3n) is 4.06. The van der Waals surface area contributed by atoms with E-state index in [1.54, 1.807) is 12.1 Å². The Hall–Kier alpha value is -2.28. The zero-order valence-corrected chi connectivity index (χ0v) is 12.1. The summed E-state index contributed by atoms with van der Waals surface area (Å²) in [5.74, 6) is -0.252. The van der Waals surface area contributed by atoms with E-state index in [1.165, 1.54) is 23.1 Å². The molecule has 116 valence electrons. The van der Waals surface area contributed by atoms with E-state index in [9.17, 15) is 9.18 Å². The monoisotopic (exact) mass is 303 g/mol. The minimum absolute atomic E-state index is 0.105. The lowest BCUT2D eigenvalue weighted by atomic mass is 10.0. The molecule has 6 nitrogen and oxygen atoms in total. The van der Waals surface area contributed by atoms with Gasteiger partial charge in [-0.25, -0.2) is 4.39 Å². The molecule has 1 aliphatic carbocycles. The summed E-state index contributed by atoms with van der Waals surface area (Å²) < 4.78 is 12.9. The Bertz CT molecular complexity index is 654. The van der Waals surface area contributed by atoms with Crippen molar-refractivity contribution in [2.75, 3.05) is 6.54 Å². The molecule has 0 saturated heterocycles. The maximum atomic E-state index is 12.9. The maximum Gasteiger partial charge on any atom is 0.273 e. The van der Waals surface area contributed by atoms with E-state index in [0.29, 0.717) is 18.2 Å². The molecule has 1 amide bonds. The van der Waals surface area contributed by atoms with Gasteiger partial charge in [-0.05, 0) is 49.6 Å². The zero-order chi connectivity index (χ0) is 15.5. The first-order valence-corrected chi connectivity index (χ1v) is 7.36. The van der Waals surface area contributed by atoms with E-state index >= 15 is 0 Å². The Kier molecular flexibility index (Phi) is 4.15. The standard InChI is InChI=1S/C15H18FN5O/c16-11-4-6-12(7-5-11)21-18-9-14(20-21)15(22)19-13-3-1-2-10(13)8-17/h4-7,9-10,13H,1-3,8,17H2,(H,19,22). The molecule has 0 aliphatic heterocycles. The van der Waals surface area contributed by atoms with E-state index in [4.69, 9.17) is 5.73 Å². The summed E-state index contributed by atoms with van der Waals surface area (Å²) in [5, 5.41) is 11.2. The molecule has 1 fully saturated rings. The van der Waals surface area contributed by atoms with Crippen LogP contribution in [-0.2, 0) is 0 Å². The van der Waals surface area contributed by atoms with Crippen molar-refractivity contribution in [2.24, 2.45) is 11.7 Å². The van der Waals surface area contributed by atoms with Crippen LogP contribution in [-0.4, -0.2) is 33.5 Å². The summed E-state index contributed by atoms with van der Waals surface area (Å²) in [7, 11) is 0. The van der Waals surface area contributed by atoms with Gasteiger partial charge >= 0.3 is 0 Å². The van der Waals surface area contributed by atoms with Gasteiger partial charge < -0.3 is 11.1 Å². The number of halogens is 1. The minimum atomic E-state index is -0.331. The fourth-order valence-corrected chi connectivity index (χ4v) is 2.82. The van der Waals surface area contributed by atoms with Gasteiger partial charge in [-0.3, -0.25) is 4.79 Å². The molecule has 3 rings (SSSR count). The fraction of sp³-hybridized carbons (Fsp3) is 0.400. The normalized spacial score (nSPS) is 21.0. The van der Waals surface area contributed by atoms with Gasteiger partial charge in [-0.15, -0.1) is 5.10 Å². The minimum Gasteiger partial charge on any atom is -0.348 e. The molecule has 3 N–H and O–H groups in total. The molecule has 1 saturated carbocycles. The summed E-state index contributed by atoms with van der Waals surface area (Å²) in [5.41, 5.74) is 6.56. The first-order valence-electron chi connectivity index (χ1n) is 7.36. The number of hydrogen-bond donors (Lipinski definition) is 2. The van der Waals surface area contributed by atoms with Crippen LogP contribution in [0.5, 0.6) is 0 Å². The summed E-state index contributed by atoms with van der Waals surface area (Å²) >= 11 is 0. The smallest absolute Gasteiger partial charge is 0.273 e. The van der Waals surface area contributed by atoms with E-state index in [0.717, 1.165) is 19.3 Å². The van der Waals surface area contributed by atoms with Gasteiger partial charge in [0.05, 0.1) is 11.9 Å². The molecule has 1 aromatic carbocycles. The van der Waals surface area contributed by atoms with Gasteiger partial charge in [-0.1, -0.05) is 6.42 Å². The Morgan fingerprint density at radius 3 is 2.86 bits per heavy atom. The highest BCUT2D eigenvalue weighted by molar-refractivity contribution is 5.92. The predicted molar refractivity (Wildman–Crippen MR) is 79.0 cm³/mol. The SMILES string of the molecule is NCC1CCCC1NC(=O)c1cnn(-c2ccc(F)cc2)n1. The Morgan fingerprint density at radius 2 is 2.14 bits per heavy atom. The average molecular weight is 303 g/mol. The molecule has 2 atom stereocenters. The largest absolute Gasteiger partial charge is 0.348 e. The number of rotatable bonds is 4. The van der Waals surface area contributed by atoms with Crippen LogP contribution in [0.15, 0.2) is 30.5 Å². The van der Waals surface area contributed by atoms with Gasteiger partial charge in [0.15, 0.2) is 5.69 Å². The van der Waals surface area contributed by atoms with Crippen LogP contribution in [0.25, 0.3) is 5.69 Å². The fourth-order valence-electron chi connectivity index (χ4n) is 2.82. The van der Waals surface area contributed by atoms with E-state index < -0.39 is 0 Å². The maximum absolute atomic E-state index is 12.9. The molecule has 0 bridgehead atoms. The van der Waals surface area contributed by atoms with Gasteiger partial charge in [0.2, 0.25) is 0 Å². The highest BCUT2D eigenvalue weighted by atomic mass is 19.1. The lowest BCUT2D eigenvalue weighted by Gasteiger charge is -2.18. The second-order valence-electron chi connectivity index (χ2n) is 5.50.